The van der Waals surface area contributed by atoms with Crippen molar-refractivity contribution in [3.8, 4) is 0 Å². The van der Waals surface area contributed by atoms with Gasteiger partial charge in [-0.25, -0.2) is 13.4 Å². The van der Waals surface area contributed by atoms with Crippen LogP contribution in [0.15, 0.2) is 21.7 Å². The Hall–Kier alpha value is -1.51. The summed E-state index contributed by atoms with van der Waals surface area (Å²) < 4.78 is 31.9. The smallest absolute Gasteiger partial charge is 0.257 e. The SMILES string of the molecule is Cc1noc2ncc(S(=O)(=O)N3CCNC[C@H]3C)cc12. The van der Waals surface area contributed by atoms with Crippen LogP contribution in [-0.4, -0.2) is 48.5 Å². The van der Waals surface area contributed by atoms with Crippen molar-refractivity contribution < 1.29 is 12.9 Å². The first-order valence-corrected chi connectivity index (χ1v) is 7.89. The topological polar surface area (TPSA) is 88.3 Å². The van der Waals surface area contributed by atoms with E-state index in [4.69, 9.17) is 4.52 Å². The monoisotopic (exact) mass is 296 g/mol. The van der Waals surface area contributed by atoms with Crippen molar-refractivity contribution in [3.63, 3.8) is 0 Å². The van der Waals surface area contributed by atoms with Gasteiger partial charge in [0.05, 0.1) is 17.3 Å². The molecule has 3 heterocycles. The molecule has 0 aromatic carbocycles. The molecule has 1 saturated heterocycles. The molecule has 1 N–H and O–H groups in total. The van der Waals surface area contributed by atoms with E-state index in [2.05, 4.69) is 15.5 Å². The lowest BCUT2D eigenvalue weighted by Crippen LogP contribution is -2.52. The maximum absolute atomic E-state index is 12.7. The van der Waals surface area contributed by atoms with E-state index in [1.807, 2.05) is 6.92 Å². The molecule has 0 radical (unpaired) electrons. The van der Waals surface area contributed by atoms with Crippen LogP contribution in [0.25, 0.3) is 11.1 Å². The Balaban J connectivity index is 2.06. The highest BCUT2D eigenvalue weighted by Gasteiger charge is 2.31. The van der Waals surface area contributed by atoms with Gasteiger partial charge in [-0.2, -0.15) is 4.31 Å². The molecule has 1 aliphatic heterocycles. The predicted octanol–water partition coefficient (Wildman–Crippen LogP) is 0.514. The number of hydrogen-bond donors (Lipinski definition) is 1. The van der Waals surface area contributed by atoms with Crippen molar-refractivity contribution in [2.24, 2.45) is 0 Å². The number of nitrogens with one attached hydrogen (secondary N) is 1. The molecule has 2 aromatic rings. The van der Waals surface area contributed by atoms with Crippen molar-refractivity contribution in [1.29, 1.82) is 0 Å². The molecule has 0 spiro atoms. The van der Waals surface area contributed by atoms with E-state index in [9.17, 15) is 8.42 Å². The maximum Gasteiger partial charge on any atom is 0.257 e. The lowest BCUT2D eigenvalue weighted by atomic mass is 10.3. The van der Waals surface area contributed by atoms with Gasteiger partial charge in [0.1, 0.15) is 4.90 Å². The van der Waals surface area contributed by atoms with Gasteiger partial charge in [-0.05, 0) is 19.9 Å². The summed E-state index contributed by atoms with van der Waals surface area (Å²) in [6.45, 7) is 5.43. The van der Waals surface area contributed by atoms with E-state index in [0.29, 0.717) is 36.4 Å². The molecule has 8 heteroatoms. The molecule has 0 saturated carbocycles. The van der Waals surface area contributed by atoms with Gasteiger partial charge in [0.15, 0.2) is 0 Å². The number of pyridine rings is 1. The molecule has 0 amide bonds. The predicted molar refractivity (Wildman–Crippen MR) is 72.8 cm³/mol. The number of piperazine rings is 1. The Labute approximate surface area is 117 Å². The molecule has 2 aromatic heterocycles. The summed E-state index contributed by atoms with van der Waals surface area (Å²) in [4.78, 5) is 4.22. The van der Waals surface area contributed by atoms with Crippen LogP contribution < -0.4 is 5.32 Å². The quantitative estimate of drug-likeness (QED) is 0.869. The van der Waals surface area contributed by atoms with Crippen LogP contribution in [0.1, 0.15) is 12.6 Å². The minimum absolute atomic E-state index is 0.0759. The first kappa shape index (κ1) is 13.5. The summed E-state index contributed by atoms with van der Waals surface area (Å²) in [5.41, 5.74) is 0.993. The Morgan fingerprint density at radius 1 is 1.50 bits per heavy atom. The van der Waals surface area contributed by atoms with Gasteiger partial charge in [-0.1, -0.05) is 5.16 Å². The molecule has 1 fully saturated rings. The highest BCUT2D eigenvalue weighted by atomic mass is 32.2. The van der Waals surface area contributed by atoms with Crippen LogP contribution in [0.3, 0.4) is 0 Å². The summed E-state index contributed by atoms with van der Waals surface area (Å²) in [6, 6.07) is 1.51. The summed E-state index contributed by atoms with van der Waals surface area (Å²) in [5.74, 6) is 0. The fourth-order valence-corrected chi connectivity index (χ4v) is 3.99. The van der Waals surface area contributed by atoms with Crippen LogP contribution in [0.4, 0.5) is 0 Å². The molecule has 108 valence electrons. The average Bonchev–Trinajstić information content (AvgIpc) is 2.80. The van der Waals surface area contributed by atoms with Crippen molar-refractivity contribution in [2.75, 3.05) is 19.6 Å². The number of fused-ring (bicyclic) bond motifs is 1. The number of aromatic nitrogens is 2. The van der Waals surface area contributed by atoms with E-state index >= 15 is 0 Å². The van der Waals surface area contributed by atoms with Gasteiger partial charge in [0, 0.05) is 25.7 Å². The van der Waals surface area contributed by atoms with Crippen LogP contribution in [0.2, 0.25) is 0 Å². The maximum atomic E-state index is 12.7. The van der Waals surface area contributed by atoms with E-state index in [1.54, 1.807) is 13.0 Å². The Morgan fingerprint density at radius 2 is 2.30 bits per heavy atom. The van der Waals surface area contributed by atoms with Gasteiger partial charge in [-0.15, -0.1) is 0 Å². The zero-order chi connectivity index (χ0) is 14.3. The number of aryl methyl sites for hydroxylation is 1. The molecular weight excluding hydrogens is 280 g/mol. The molecule has 3 rings (SSSR count). The first-order chi connectivity index (χ1) is 9.50. The van der Waals surface area contributed by atoms with E-state index in [0.717, 1.165) is 0 Å². The minimum atomic E-state index is -3.54. The number of nitrogens with zero attached hydrogens (tertiary/aromatic N) is 3. The normalized spacial score (nSPS) is 21.4. The largest absolute Gasteiger partial charge is 0.336 e. The van der Waals surface area contributed by atoms with Crippen LogP contribution in [-0.2, 0) is 10.0 Å². The highest BCUT2D eigenvalue weighted by Crippen LogP contribution is 2.23. The Morgan fingerprint density at radius 3 is 3.05 bits per heavy atom. The van der Waals surface area contributed by atoms with Gasteiger partial charge in [-0.3, -0.25) is 0 Å². The van der Waals surface area contributed by atoms with Crippen LogP contribution in [0, 0.1) is 6.92 Å². The van der Waals surface area contributed by atoms with Crippen LogP contribution in [0.5, 0.6) is 0 Å². The Bertz CT molecular complexity index is 740. The third-order valence-electron chi connectivity index (χ3n) is 3.53. The average molecular weight is 296 g/mol. The lowest BCUT2D eigenvalue weighted by molar-refractivity contribution is 0.284. The first-order valence-electron chi connectivity index (χ1n) is 6.45. The Kier molecular flexibility index (Phi) is 3.23. The van der Waals surface area contributed by atoms with E-state index in [-0.39, 0.29) is 10.9 Å². The van der Waals surface area contributed by atoms with E-state index < -0.39 is 10.0 Å². The van der Waals surface area contributed by atoms with Gasteiger partial charge in [0.25, 0.3) is 5.71 Å². The second kappa shape index (κ2) is 4.80. The van der Waals surface area contributed by atoms with Crippen LogP contribution >= 0.6 is 0 Å². The zero-order valence-corrected chi connectivity index (χ0v) is 12.1. The third kappa shape index (κ3) is 2.09. The van der Waals surface area contributed by atoms with Crippen molar-refractivity contribution in [2.45, 2.75) is 24.8 Å². The number of rotatable bonds is 2. The van der Waals surface area contributed by atoms with Gasteiger partial charge >= 0.3 is 0 Å². The standard InChI is InChI=1S/C12H16N4O3S/c1-8-6-13-3-4-16(8)20(17,18)10-5-11-9(2)15-19-12(11)14-7-10/h5,7-8,13H,3-4,6H2,1-2H3/t8-/m1/s1. The lowest BCUT2D eigenvalue weighted by Gasteiger charge is -2.32. The van der Waals surface area contributed by atoms with Crippen molar-refractivity contribution in [3.05, 3.63) is 18.0 Å². The second-order valence-electron chi connectivity index (χ2n) is 4.96. The second-order valence-corrected chi connectivity index (χ2v) is 6.85. The van der Waals surface area contributed by atoms with Gasteiger partial charge < -0.3 is 9.84 Å². The fourth-order valence-electron chi connectivity index (χ4n) is 2.38. The zero-order valence-electron chi connectivity index (χ0n) is 11.3. The van der Waals surface area contributed by atoms with E-state index in [1.165, 1.54) is 10.5 Å². The summed E-state index contributed by atoms with van der Waals surface area (Å²) in [5, 5.41) is 7.60. The minimum Gasteiger partial charge on any atom is -0.336 e. The third-order valence-corrected chi connectivity index (χ3v) is 5.51. The fraction of sp³-hybridized carbons (Fsp3) is 0.500. The molecule has 7 nitrogen and oxygen atoms in total. The number of sulfonamides is 1. The van der Waals surface area contributed by atoms with Gasteiger partial charge in [0.2, 0.25) is 10.0 Å². The molecular formula is C12H16N4O3S. The molecule has 20 heavy (non-hydrogen) atoms. The van der Waals surface area contributed by atoms with Crippen molar-refractivity contribution >= 4 is 21.1 Å². The molecule has 1 aliphatic rings. The molecule has 1 atom stereocenters. The summed E-state index contributed by atoms with van der Waals surface area (Å²) in [7, 11) is -3.54. The highest BCUT2D eigenvalue weighted by molar-refractivity contribution is 7.89. The molecule has 0 unspecified atom stereocenters. The number of hydrogen-bond acceptors (Lipinski definition) is 6. The molecule has 0 bridgehead atoms. The summed E-state index contributed by atoms with van der Waals surface area (Å²) in [6.07, 6.45) is 1.33. The summed E-state index contributed by atoms with van der Waals surface area (Å²) >= 11 is 0. The van der Waals surface area contributed by atoms with Crippen molar-refractivity contribution in [1.82, 2.24) is 19.8 Å². The molecule has 0 aliphatic carbocycles.